The van der Waals surface area contributed by atoms with Crippen LogP contribution in [0.15, 0.2) is 54.7 Å². The molecule has 1 aliphatic carbocycles. The Morgan fingerprint density at radius 1 is 1.04 bits per heavy atom. The maximum absolute atomic E-state index is 11.9. The number of fused-ring (bicyclic) bond motifs is 1. The zero-order chi connectivity index (χ0) is 19.2. The van der Waals surface area contributed by atoms with Crippen LogP contribution in [-0.4, -0.2) is 10.5 Å². The predicted molar refractivity (Wildman–Crippen MR) is 114 cm³/mol. The van der Waals surface area contributed by atoms with E-state index in [1.54, 1.807) is 0 Å². The van der Waals surface area contributed by atoms with Crippen LogP contribution in [0.5, 0.6) is 0 Å². The highest BCUT2D eigenvalue weighted by Crippen LogP contribution is 2.30. The monoisotopic (exact) mass is 362 g/mol. The highest BCUT2D eigenvalue weighted by molar-refractivity contribution is 5.96. The lowest BCUT2D eigenvalue weighted by molar-refractivity contribution is -0.117. The molecule has 3 heteroatoms. The van der Waals surface area contributed by atoms with Gasteiger partial charge in [-0.1, -0.05) is 51.5 Å². The molecule has 1 fully saturated rings. The average molecular weight is 363 g/mol. The minimum atomic E-state index is 0.158. The first-order valence-corrected chi connectivity index (χ1v) is 10.2. The van der Waals surface area contributed by atoms with Crippen molar-refractivity contribution in [3.8, 4) is 0 Å². The summed E-state index contributed by atoms with van der Waals surface area (Å²) >= 11 is 0. The number of carbonyl (C=O) groups excluding carboxylic acids is 1. The number of nitrogens with zero attached hydrogens (tertiary/aromatic N) is 1. The van der Waals surface area contributed by atoms with Gasteiger partial charge in [0.05, 0.1) is 0 Å². The molecule has 1 heterocycles. The molecule has 1 aliphatic rings. The van der Waals surface area contributed by atoms with Crippen molar-refractivity contribution < 1.29 is 4.79 Å². The normalized spacial score (nSPS) is 13.1. The molecule has 0 bridgehead atoms. The second kappa shape index (κ2) is 8.90. The molecule has 142 valence electrons. The van der Waals surface area contributed by atoms with Gasteiger partial charge in [0, 0.05) is 35.2 Å². The first kappa shape index (κ1) is 19.2. The van der Waals surface area contributed by atoms with Crippen molar-refractivity contribution in [1.29, 1.82) is 0 Å². The van der Waals surface area contributed by atoms with E-state index in [2.05, 4.69) is 65.5 Å². The molecule has 0 spiro atoms. The van der Waals surface area contributed by atoms with Gasteiger partial charge in [-0.15, -0.1) is 0 Å². The first-order chi connectivity index (χ1) is 13.2. The fourth-order valence-corrected chi connectivity index (χ4v) is 3.30. The molecular weight excluding hydrogens is 332 g/mol. The van der Waals surface area contributed by atoms with Crippen molar-refractivity contribution in [3.63, 3.8) is 0 Å². The minimum absolute atomic E-state index is 0.158. The number of nitrogens with one attached hydrogen (secondary N) is 1. The van der Waals surface area contributed by atoms with E-state index in [4.69, 9.17) is 0 Å². The molecule has 4 rings (SSSR count). The van der Waals surface area contributed by atoms with Gasteiger partial charge in [0.2, 0.25) is 5.91 Å². The van der Waals surface area contributed by atoms with Gasteiger partial charge in [-0.3, -0.25) is 4.79 Å². The second-order valence-corrected chi connectivity index (χ2v) is 7.05. The van der Waals surface area contributed by atoms with E-state index in [1.807, 2.05) is 19.9 Å². The van der Waals surface area contributed by atoms with E-state index in [1.165, 1.54) is 23.1 Å². The topological polar surface area (TPSA) is 34.0 Å². The molecule has 1 aromatic heterocycles. The van der Waals surface area contributed by atoms with E-state index in [9.17, 15) is 4.79 Å². The standard InChI is InChI=1S/C22H24N2O.C2H6/c1-2-3-16-4-6-17(7-5-16)15-24-13-12-19-14-20(10-11-21(19)24)23-22(25)18-8-9-18;1-2/h4-7,10-14,18H,2-3,8-9,15H2,1H3,(H,23,25);1-2H3. The van der Waals surface area contributed by atoms with E-state index < -0.39 is 0 Å². The lowest BCUT2D eigenvalue weighted by Gasteiger charge is -2.08. The number of aromatic nitrogens is 1. The quantitative estimate of drug-likeness (QED) is 0.572. The summed E-state index contributed by atoms with van der Waals surface area (Å²) < 4.78 is 2.26. The van der Waals surface area contributed by atoms with Gasteiger partial charge in [0.25, 0.3) is 0 Å². The number of hydrogen-bond donors (Lipinski definition) is 1. The largest absolute Gasteiger partial charge is 0.343 e. The SMILES string of the molecule is CC.CCCc1ccc(Cn2ccc3cc(NC(=O)C4CC4)ccc32)cc1. The Bertz CT molecular complexity index is 888. The molecule has 0 unspecified atom stereocenters. The molecule has 1 saturated carbocycles. The lowest BCUT2D eigenvalue weighted by Crippen LogP contribution is -2.13. The smallest absolute Gasteiger partial charge is 0.227 e. The zero-order valence-corrected chi connectivity index (χ0v) is 16.7. The number of amides is 1. The van der Waals surface area contributed by atoms with Crippen LogP contribution in [0.2, 0.25) is 0 Å². The third-order valence-corrected chi connectivity index (χ3v) is 4.90. The average Bonchev–Trinajstić information content (AvgIpc) is 3.48. The Hall–Kier alpha value is -2.55. The molecular formula is C24H30N2O. The van der Waals surface area contributed by atoms with Crippen molar-refractivity contribution >= 4 is 22.5 Å². The predicted octanol–water partition coefficient (Wildman–Crippen LogP) is 6.02. The van der Waals surface area contributed by atoms with Crippen LogP contribution in [0.1, 0.15) is 51.2 Å². The van der Waals surface area contributed by atoms with Gasteiger partial charge < -0.3 is 9.88 Å². The molecule has 0 radical (unpaired) electrons. The van der Waals surface area contributed by atoms with Crippen LogP contribution in [0.4, 0.5) is 5.69 Å². The Morgan fingerprint density at radius 2 is 1.74 bits per heavy atom. The lowest BCUT2D eigenvalue weighted by atomic mass is 10.1. The third kappa shape index (κ3) is 4.79. The summed E-state index contributed by atoms with van der Waals surface area (Å²) in [6, 6.07) is 17.2. The van der Waals surface area contributed by atoms with Crippen molar-refractivity contribution in [2.75, 3.05) is 5.32 Å². The molecule has 0 saturated heterocycles. The summed E-state index contributed by atoms with van der Waals surface area (Å²) in [4.78, 5) is 11.9. The van der Waals surface area contributed by atoms with Gasteiger partial charge in [0.1, 0.15) is 0 Å². The number of aryl methyl sites for hydroxylation is 1. The number of rotatable bonds is 6. The third-order valence-electron chi connectivity index (χ3n) is 4.90. The molecule has 1 N–H and O–H groups in total. The fourth-order valence-electron chi connectivity index (χ4n) is 3.30. The van der Waals surface area contributed by atoms with Gasteiger partial charge >= 0.3 is 0 Å². The second-order valence-electron chi connectivity index (χ2n) is 7.05. The van der Waals surface area contributed by atoms with Crippen molar-refractivity contribution in [2.45, 2.75) is 53.0 Å². The number of hydrogen-bond acceptors (Lipinski definition) is 1. The molecule has 3 aromatic rings. The fraction of sp³-hybridized carbons (Fsp3) is 0.375. The van der Waals surface area contributed by atoms with E-state index >= 15 is 0 Å². The Balaban J connectivity index is 0.00000102. The van der Waals surface area contributed by atoms with Crippen LogP contribution in [0, 0.1) is 5.92 Å². The van der Waals surface area contributed by atoms with Crippen molar-refractivity contribution in [2.24, 2.45) is 5.92 Å². The number of carbonyl (C=O) groups is 1. The molecule has 27 heavy (non-hydrogen) atoms. The maximum atomic E-state index is 11.9. The van der Waals surface area contributed by atoms with Crippen molar-refractivity contribution in [3.05, 3.63) is 65.9 Å². The van der Waals surface area contributed by atoms with Crippen LogP contribution in [0.3, 0.4) is 0 Å². The van der Waals surface area contributed by atoms with Crippen LogP contribution >= 0.6 is 0 Å². The highest BCUT2D eigenvalue weighted by atomic mass is 16.2. The summed E-state index contributed by atoms with van der Waals surface area (Å²) in [5, 5.41) is 4.19. The summed E-state index contributed by atoms with van der Waals surface area (Å²) in [5.74, 6) is 0.391. The zero-order valence-electron chi connectivity index (χ0n) is 16.7. The van der Waals surface area contributed by atoms with E-state index in [-0.39, 0.29) is 11.8 Å². The summed E-state index contributed by atoms with van der Waals surface area (Å²) in [5.41, 5.74) is 4.80. The van der Waals surface area contributed by atoms with E-state index in [0.717, 1.165) is 36.9 Å². The maximum Gasteiger partial charge on any atom is 0.227 e. The Morgan fingerprint density at radius 3 is 2.41 bits per heavy atom. The molecule has 3 nitrogen and oxygen atoms in total. The highest BCUT2D eigenvalue weighted by Gasteiger charge is 2.29. The van der Waals surface area contributed by atoms with Gasteiger partial charge in [-0.05, 0) is 54.7 Å². The first-order valence-electron chi connectivity index (χ1n) is 10.2. The van der Waals surface area contributed by atoms with E-state index in [0.29, 0.717) is 0 Å². The van der Waals surface area contributed by atoms with Gasteiger partial charge in [-0.25, -0.2) is 0 Å². The minimum Gasteiger partial charge on any atom is -0.343 e. The number of benzene rings is 2. The van der Waals surface area contributed by atoms with Gasteiger partial charge in [0.15, 0.2) is 0 Å². The Kier molecular flexibility index (Phi) is 6.33. The summed E-state index contributed by atoms with van der Waals surface area (Å²) in [6.45, 7) is 7.07. The Labute approximate surface area is 162 Å². The molecule has 0 aliphatic heterocycles. The van der Waals surface area contributed by atoms with Crippen LogP contribution < -0.4 is 5.32 Å². The van der Waals surface area contributed by atoms with Gasteiger partial charge in [-0.2, -0.15) is 0 Å². The summed E-state index contributed by atoms with van der Waals surface area (Å²) in [7, 11) is 0. The van der Waals surface area contributed by atoms with Crippen LogP contribution in [-0.2, 0) is 17.8 Å². The van der Waals surface area contributed by atoms with Crippen LogP contribution in [0.25, 0.3) is 10.9 Å². The number of anilines is 1. The van der Waals surface area contributed by atoms with Crippen molar-refractivity contribution in [1.82, 2.24) is 4.57 Å². The summed E-state index contributed by atoms with van der Waals surface area (Å²) in [6.07, 6.45) is 6.50. The molecule has 2 aromatic carbocycles. The molecule has 0 atom stereocenters. The molecule has 1 amide bonds.